The smallest absolute Gasteiger partial charge is 0.404 e. The van der Waals surface area contributed by atoms with Crippen LogP contribution in [0.2, 0.25) is 0 Å². The van der Waals surface area contributed by atoms with E-state index in [1.165, 1.54) is 0 Å². The molecule has 100 valence electrons. The number of carbonyl (C=O) groups excluding carboxylic acids is 2. The molecule has 0 aliphatic rings. The molecule has 0 radical (unpaired) electrons. The van der Waals surface area contributed by atoms with E-state index < -0.39 is 17.6 Å². The number of amides is 2. The first-order valence-electron chi connectivity index (χ1n) is 5.57. The minimum atomic E-state index is -0.838. The van der Waals surface area contributed by atoms with Crippen LogP contribution in [-0.2, 0) is 9.47 Å². The zero-order valence-electron chi connectivity index (χ0n) is 10.9. The van der Waals surface area contributed by atoms with Crippen LogP contribution in [-0.4, -0.2) is 25.4 Å². The van der Waals surface area contributed by atoms with Crippen LogP contribution in [0, 0.1) is 17.3 Å². The molecule has 0 aromatic heterocycles. The maximum absolute atomic E-state index is 10.7. The zero-order valence-corrected chi connectivity index (χ0v) is 10.9. The van der Waals surface area contributed by atoms with Crippen LogP contribution in [0.4, 0.5) is 9.59 Å². The number of primary amides is 2. The lowest BCUT2D eigenvalue weighted by molar-refractivity contribution is -0.0305. The highest BCUT2D eigenvalue weighted by atomic mass is 16.6. The quantitative estimate of drug-likeness (QED) is 0.740. The summed E-state index contributed by atoms with van der Waals surface area (Å²) in [6.45, 7) is 8.07. The van der Waals surface area contributed by atoms with E-state index in [2.05, 4.69) is 0 Å². The van der Waals surface area contributed by atoms with E-state index in [4.69, 9.17) is 20.9 Å². The molecule has 0 aliphatic heterocycles. The van der Waals surface area contributed by atoms with Gasteiger partial charge in [0.1, 0.15) is 13.2 Å². The monoisotopic (exact) mass is 246 g/mol. The molecule has 6 nitrogen and oxygen atoms in total. The Morgan fingerprint density at radius 1 is 0.941 bits per heavy atom. The highest BCUT2D eigenvalue weighted by molar-refractivity contribution is 5.65. The van der Waals surface area contributed by atoms with Crippen LogP contribution in [0.15, 0.2) is 0 Å². The van der Waals surface area contributed by atoms with E-state index in [1.807, 2.05) is 27.7 Å². The summed E-state index contributed by atoms with van der Waals surface area (Å²) in [6.07, 6.45) is -1.68. The van der Waals surface area contributed by atoms with Crippen LogP contribution in [0.5, 0.6) is 0 Å². The standard InChI is InChI=1S/C11H22N2O4/c1-7(2)11(8(3)4,5-16-9(12)14)6-17-10(13)15/h7-8H,5-6H2,1-4H3,(H2,12,14)(H2,13,15). The summed E-state index contributed by atoms with van der Waals surface area (Å²) in [5, 5.41) is 0. The molecule has 0 unspecified atom stereocenters. The lowest BCUT2D eigenvalue weighted by atomic mass is 9.70. The number of rotatable bonds is 6. The molecule has 0 bridgehead atoms. The molecule has 0 rings (SSSR count). The van der Waals surface area contributed by atoms with Crippen molar-refractivity contribution in [2.45, 2.75) is 27.7 Å². The van der Waals surface area contributed by atoms with Crippen molar-refractivity contribution in [3.05, 3.63) is 0 Å². The minimum Gasteiger partial charge on any atom is -0.449 e. The van der Waals surface area contributed by atoms with E-state index in [0.717, 1.165) is 0 Å². The first-order valence-corrected chi connectivity index (χ1v) is 5.57. The fourth-order valence-electron chi connectivity index (χ4n) is 1.79. The van der Waals surface area contributed by atoms with Crippen molar-refractivity contribution in [2.24, 2.45) is 28.7 Å². The van der Waals surface area contributed by atoms with Gasteiger partial charge in [-0.2, -0.15) is 0 Å². The van der Waals surface area contributed by atoms with Crippen LogP contribution in [0.1, 0.15) is 27.7 Å². The maximum Gasteiger partial charge on any atom is 0.404 e. The molecule has 0 atom stereocenters. The Morgan fingerprint density at radius 2 is 1.24 bits per heavy atom. The Hall–Kier alpha value is -1.46. The first kappa shape index (κ1) is 15.5. The molecule has 0 spiro atoms. The second kappa shape index (κ2) is 6.32. The summed E-state index contributed by atoms with van der Waals surface area (Å²) in [5.41, 5.74) is 9.44. The normalized spacial score (nSPS) is 11.6. The summed E-state index contributed by atoms with van der Waals surface area (Å²) < 4.78 is 9.74. The van der Waals surface area contributed by atoms with Gasteiger partial charge in [0.05, 0.1) is 0 Å². The summed E-state index contributed by atoms with van der Waals surface area (Å²) in [6, 6.07) is 0. The zero-order chi connectivity index (χ0) is 13.6. The number of hydrogen-bond donors (Lipinski definition) is 2. The topological polar surface area (TPSA) is 105 Å². The average Bonchev–Trinajstić information content (AvgIpc) is 2.16. The van der Waals surface area contributed by atoms with Crippen molar-refractivity contribution >= 4 is 12.2 Å². The molecule has 2 amide bonds. The molecule has 0 fully saturated rings. The lowest BCUT2D eigenvalue weighted by Crippen LogP contribution is -2.44. The van der Waals surface area contributed by atoms with Gasteiger partial charge in [0, 0.05) is 5.41 Å². The Kier molecular flexibility index (Phi) is 5.78. The number of nitrogens with two attached hydrogens (primary N) is 2. The lowest BCUT2D eigenvalue weighted by Gasteiger charge is -2.39. The fraction of sp³-hybridized carbons (Fsp3) is 0.818. The third-order valence-electron chi connectivity index (χ3n) is 3.27. The Labute approximate surface area is 102 Å². The van der Waals surface area contributed by atoms with E-state index in [1.54, 1.807) is 0 Å². The molecule has 0 saturated heterocycles. The summed E-state index contributed by atoms with van der Waals surface area (Å²) in [4.78, 5) is 21.4. The third kappa shape index (κ3) is 4.50. The molecule has 4 N–H and O–H groups in total. The average molecular weight is 246 g/mol. The van der Waals surface area contributed by atoms with E-state index in [-0.39, 0.29) is 25.0 Å². The summed E-state index contributed by atoms with van der Waals surface area (Å²) in [5.74, 6) is 0.280. The molecule has 17 heavy (non-hydrogen) atoms. The Bertz CT molecular complexity index is 249. The van der Waals surface area contributed by atoms with Gasteiger partial charge in [-0.25, -0.2) is 9.59 Å². The van der Waals surface area contributed by atoms with Gasteiger partial charge >= 0.3 is 12.2 Å². The van der Waals surface area contributed by atoms with Gasteiger partial charge < -0.3 is 20.9 Å². The van der Waals surface area contributed by atoms with Gasteiger partial charge in [-0.05, 0) is 11.8 Å². The molecular formula is C11H22N2O4. The Morgan fingerprint density at radius 3 is 1.41 bits per heavy atom. The molecule has 0 heterocycles. The van der Waals surface area contributed by atoms with Gasteiger partial charge in [-0.1, -0.05) is 27.7 Å². The van der Waals surface area contributed by atoms with Gasteiger partial charge in [-0.15, -0.1) is 0 Å². The van der Waals surface area contributed by atoms with E-state index in [9.17, 15) is 9.59 Å². The van der Waals surface area contributed by atoms with Crippen molar-refractivity contribution < 1.29 is 19.1 Å². The van der Waals surface area contributed by atoms with Crippen LogP contribution < -0.4 is 11.5 Å². The largest absolute Gasteiger partial charge is 0.449 e. The summed E-state index contributed by atoms with van der Waals surface area (Å²) in [7, 11) is 0. The SMILES string of the molecule is CC(C)C(COC(N)=O)(COC(N)=O)C(C)C. The van der Waals surface area contributed by atoms with Gasteiger partial charge in [0.15, 0.2) is 0 Å². The fourth-order valence-corrected chi connectivity index (χ4v) is 1.79. The van der Waals surface area contributed by atoms with Crippen molar-refractivity contribution in [3.8, 4) is 0 Å². The van der Waals surface area contributed by atoms with Crippen molar-refractivity contribution in [2.75, 3.05) is 13.2 Å². The van der Waals surface area contributed by atoms with Crippen molar-refractivity contribution in [3.63, 3.8) is 0 Å². The molecule has 0 aromatic rings. The minimum absolute atomic E-state index is 0.102. The number of carbonyl (C=O) groups is 2. The molecule has 6 heteroatoms. The second-order valence-corrected chi connectivity index (χ2v) is 4.76. The number of hydrogen-bond acceptors (Lipinski definition) is 4. The molecule has 0 saturated carbocycles. The van der Waals surface area contributed by atoms with Gasteiger partial charge in [-0.3, -0.25) is 0 Å². The summed E-state index contributed by atoms with van der Waals surface area (Å²) >= 11 is 0. The highest BCUT2D eigenvalue weighted by Gasteiger charge is 2.40. The first-order chi connectivity index (χ1) is 7.72. The van der Waals surface area contributed by atoms with Crippen molar-refractivity contribution in [1.29, 1.82) is 0 Å². The van der Waals surface area contributed by atoms with Gasteiger partial charge in [0.25, 0.3) is 0 Å². The predicted molar refractivity (Wildman–Crippen MR) is 63.2 cm³/mol. The highest BCUT2D eigenvalue weighted by Crippen LogP contribution is 2.36. The predicted octanol–water partition coefficient (Wildman–Crippen LogP) is 1.48. The van der Waals surface area contributed by atoms with Crippen LogP contribution >= 0.6 is 0 Å². The molecule has 0 aromatic carbocycles. The van der Waals surface area contributed by atoms with E-state index >= 15 is 0 Å². The van der Waals surface area contributed by atoms with E-state index in [0.29, 0.717) is 0 Å². The molecular weight excluding hydrogens is 224 g/mol. The third-order valence-corrected chi connectivity index (χ3v) is 3.27. The van der Waals surface area contributed by atoms with Gasteiger partial charge in [0.2, 0.25) is 0 Å². The maximum atomic E-state index is 10.7. The Balaban J connectivity index is 4.85. The second-order valence-electron chi connectivity index (χ2n) is 4.76. The number of ether oxygens (including phenoxy) is 2. The van der Waals surface area contributed by atoms with Crippen LogP contribution in [0.25, 0.3) is 0 Å². The van der Waals surface area contributed by atoms with Crippen molar-refractivity contribution in [1.82, 2.24) is 0 Å². The molecule has 0 aliphatic carbocycles. The van der Waals surface area contributed by atoms with Crippen LogP contribution in [0.3, 0.4) is 0 Å².